The third kappa shape index (κ3) is 6.25. The highest BCUT2D eigenvalue weighted by molar-refractivity contribution is 4.82. The highest BCUT2D eigenvalue weighted by Gasteiger charge is 2.26. The lowest BCUT2D eigenvalue weighted by molar-refractivity contribution is 0.0859. The average Bonchev–Trinajstić information content (AvgIpc) is 2.46. The normalized spacial score (nSPS) is 25.1. The van der Waals surface area contributed by atoms with E-state index in [4.69, 9.17) is 0 Å². The van der Waals surface area contributed by atoms with E-state index >= 15 is 0 Å². The van der Waals surface area contributed by atoms with Crippen molar-refractivity contribution in [3.8, 4) is 0 Å². The summed E-state index contributed by atoms with van der Waals surface area (Å²) in [6.07, 6.45) is 7.08. The molecule has 0 spiro atoms. The fourth-order valence-electron chi connectivity index (χ4n) is 3.74. The van der Waals surface area contributed by atoms with Crippen LogP contribution in [-0.2, 0) is 0 Å². The third-order valence-electron chi connectivity index (χ3n) is 5.01. The van der Waals surface area contributed by atoms with Gasteiger partial charge < -0.3 is 15.1 Å². The van der Waals surface area contributed by atoms with E-state index in [2.05, 4.69) is 42.8 Å². The van der Waals surface area contributed by atoms with Crippen LogP contribution in [0.2, 0.25) is 0 Å². The lowest BCUT2D eigenvalue weighted by atomic mass is 9.99. The lowest BCUT2D eigenvalue weighted by Gasteiger charge is -2.41. The molecule has 0 saturated carbocycles. The summed E-state index contributed by atoms with van der Waals surface area (Å²) in [6.45, 7) is 16.9. The molecule has 1 unspecified atom stereocenters. The van der Waals surface area contributed by atoms with Gasteiger partial charge in [0, 0.05) is 18.1 Å². The number of nitrogens with zero attached hydrogens (tertiary/aromatic N) is 2. The highest BCUT2D eigenvalue weighted by atomic mass is 15.2. The van der Waals surface area contributed by atoms with Gasteiger partial charge in [-0.05, 0) is 85.1 Å². The molecule has 3 heteroatoms. The van der Waals surface area contributed by atoms with Crippen LogP contribution in [0.3, 0.4) is 0 Å². The largest absolute Gasteiger partial charge is 0.312 e. The highest BCUT2D eigenvalue weighted by Crippen LogP contribution is 2.21. The van der Waals surface area contributed by atoms with Crippen LogP contribution in [0.1, 0.15) is 59.8 Å². The molecular weight excluding hydrogens is 258 g/mol. The summed E-state index contributed by atoms with van der Waals surface area (Å²) in [6, 6.07) is 0.879. The first-order chi connectivity index (χ1) is 9.94. The van der Waals surface area contributed by atoms with E-state index in [1.807, 2.05) is 0 Å². The third-order valence-corrected chi connectivity index (χ3v) is 5.01. The molecule has 2 fully saturated rings. The summed E-state index contributed by atoms with van der Waals surface area (Å²) in [5.41, 5.74) is 0.246. The fourth-order valence-corrected chi connectivity index (χ4v) is 3.74. The van der Waals surface area contributed by atoms with Crippen molar-refractivity contribution in [1.82, 2.24) is 15.1 Å². The van der Waals surface area contributed by atoms with Crippen LogP contribution in [0.15, 0.2) is 0 Å². The minimum Gasteiger partial charge on any atom is -0.312 e. The van der Waals surface area contributed by atoms with Crippen LogP contribution in [0.5, 0.6) is 0 Å². The van der Waals surface area contributed by atoms with Gasteiger partial charge in [-0.25, -0.2) is 0 Å². The summed E-state index contributed by atoms with van der Waals surface area (Å²) in [4.78, 5) is 5.46. The Morgan fingerprint density at radius 2 is 1.62 bits per heavy atom. The van der Waals surface area contributed by atoms with Gasteiger partial charge in [-0.15, -0.1) is 0 Å². The van der Waals surface area contributed by atoms with Crippen molar-refractivity contribution in [3.05, 3.63) is 0 Å². The number of piperidine rings is 2. The van der Waals surface area contributed by atoms with Gasteiger partial charge in [0.2, 0.25) is 0 Å². The number of nitrogens with one attached hydrogen (secondary N) is 1. The zero-order valence-corrected chi connectivity index (χ0v) is 14.8. The molecular formula is C18H37N3. The average molecular weight is 296 g/mol. The van der Waals surface area contributed by atoms with Crippen LogP contribution < -0.4 is 5.32 Å². The van der Waals surface area contributed by atoms with E-state index in [1.165, 1.54) is 64.8 Å². The van der Waals surface area contributed by atoms with Crippen LogP contribution in [0, 0.1) is 5.92 Å². The Morgan fingerprint density at radius 1 is 1.00 bits per heavy atom. The van der Waals surface area contributed by atoms with Crippen molar-refractivity contribution >= 4 is 0 Å². The van der Waals surface area contributed by atoms with Crippen LogP contribution in [-0.4, -0.2) is 60.6 Å². The van der Waals surface area contributed by atoms with E-state index < -0.39 is 0 Å². The molecule has 3 nitrogen and oxygen atoms in total. The Labute approximate surface area is 132 Å². The van der Waals surface area contributed by atoms with Gasteiger partial charge in [0.05, 0.1) is 0 Å². The summed E-state index contributed by atoms with van der Waals surface area (Å²) in [5, 5.41) is 3.64. The quantitative estimate of drug-likeness (QED) is 0.841. The van der Waals surface area contributed by atoms with Crippen LogP contribution in [0.4, 0.5) is 0 Å². The van der Waals surface area contributed by atoms with Crippen molar-refractivity contribution in [2.75, 3.05) is 39.3 Å². The molecule has 21 heavy (non-hydrogen) atoms. The second-order valence-electron chi connectivity index (χ2n) is 8.36. The van der Waals surface area contributed by atoms with E-state index in [0.29, 0.717) is 0 Å². The summed E-state index contributed by atoms with van der Waals surface area (Å²) < 4.78 is 0. The zero-order chi connectivity index (χ0) is 15.3. The molecule has 0 aromatic heterocycles. The first kappa shape index (κ1) is 17.2. The molecule has 2 rings (SSSR count). The van der Waals surface area contributed by atoms with E-state index in [-0.39, 0.29) is 5.54 Å². The molecule has 0 amide bonds. The molecule has 0 bridgehead atoms. The first-order valence-electron chi connectivity index (χ1n) is 9.15. The van der Waals surface area contributed by atoms with E-state index in [0.717, 1.165) is 18.5 Å². The van der Waals surface area contributed by atoms with Gasteiger partial charge in [-0.2, -0.15) is 0 Å². The maximum atomic E-state index is 3.64. The molecule has 0 aromatic carbocycles. The molecule has 0 aliphatic carbocycles. The topological polar surface area (TPSA) is 18.5 Å². The molecule has 2 saturated heterocycles. The predicted molar refractivity (Wildman–Crippen MR) is 91.8 cm³/mol. The van der Waals surface area contributed by atoms with Crippen molar-refractivity contribution in [1.29, 1.82) is 0 Å². The van der Waals surface area contributed by atoms with Crippen molar-refractivity contribution < 1.29 is 0 Å². The second kappa shape index (κ2) is 7.94. The molecule has 2 aliphatic heterocycles. The minimum absolute atomic E-state index is 0.246. The van der Waals surface area contributed by atoms with Crippen LogP contribution >= 0.6 is 0 Å². The summed E-state index contributed by atoms with van der Waals surface area (Å²) in [5.74, 6) is 0.746. The van der Waals surface area contributed by atoms with Gasteiger partial charge in [-0.1, -0.05) is 13.3 Å². The second-order valence-corrected chi connectivity index (χ2v) is 8.36. The molecule has 0 aromatic rings. The molecule has 2 heterocycles. The van der Waals surface area contributed by atoms with Crippen molar-refractivity contribution in [2.24, 2.45) is 5.92 Å². The molecule has 1 atom stereocenters. The van der Waals surface area contributed by atoms with Crippen molar-refractivity contribution in [2.45, 2.75) is 71.4 Å². The first-order valence-corrected chi connectivity index (χ1v) is 9.15. The summed E-state index contributed by atoms with van der Waals surface area (Å²) >= 11 is 0. The molecule has 124 valence electrons. The van der Waals surface area contributed by atoms with Crippen molar-refractivity contribution in [3.63, 3.8) is 0 Å². The molecule has 0 radical (unpaired) electrons. The van der Waals surface area contributed by atoms with Gasteiger partial charge in [0.25, 0.3) is 0 Å². The zero-order valence-electron chi connectivity index (χ0n) is 14.8. The predicted octanol–water partition coefficient (Wildman–Crippen LogP) is 2.96. The Balaban J connectivity index is 1.64. The van der Waals surface area contributed by atoms with Gasteiger partial charge in [0.15, 0.2) is 0 Å². The maximum absolute atomic E-state index is 3.64. The Bertz CT molecular complexity index is 283. The minimum atomic E-state index is 0.246. The Kier molecular flexibility index (Phi) is 6.51. The number of hydrogen-bond donors (Lipinski definition) is 1. The van der Waals surface area contributed by atoms with E-state index in [1.54, 1.807) is 0 Å². The van der Waals surface area contributed by atoms with Gasteiger partial charge in [-0.3, -0.25) is 0 Å². The monoisotopic (exact) mass is 295 g/mol. The molecule has 2 aliphatic rings. The number of likely N-dealkylation sites (tertiary alicyclic amines) is 2. The molecule has 1 N–H and O–H groups in total. The summed E-state index contributed by atoms with van der Waals surface area (Å²) in [7, 11) is 0. The van der Waals surface area contributed by atoms with Gasteiger partial charge in [0.1, 0.15) is 0 Å². The lowest BCUT2D eigenvalue weighted by Crippen LogP contribution is -2.48. The van der Waals surface area contributed by atoms with Crippen LogP contribution in [0.25, 0.3) is 0 Å². The maximum Gasteiger partial charge on any atom is 0.0120 e. The smallest absolute Gasteiger partial charge is 0.0120 e. The van der Waals surface area contributed by atoms with Gasteiger partial charge >= 0.3 is 0 Å². The Morgan fingerprint density at radius 3 is 2.19 bits per heavy atom. The van der Waals surface area contributed by atoms with E-state index in [9.17, 15) is 0 Å². The standard InChI is InChI=1S/C18H37N3/c1-16(14-19-18(2,3)4)15-20-12-8-17(9-13-20)21-10-6-5-7-11-21/h16-17,19H,5-15H2,1-4H3. The Hall–Kier alpha value is -0.120. The number of hydrogen-bond acceptors (Lipinski definition) is 3. The fraction of sp³-hybridized carbons (Fsp3) is 1.00. The number of rotatable bonds is 5. The SMILES string of the molecule is CC(CNC(C)(C)C)CN1CCC(N2CCCCC2)CC1.